The summed E-state index contributed by atoms with van der Waals surface area (Å²) >= 11 is 0. The Morgan fingerprint density at radius 2 is 1.89 bits per heavy atom. The van der Waals surface area contributed by atoms with E-state index in [2.05, 4.69) is 0 Å². The molecule has 1 unspecified atom stereocenters. The molecule has 0 aliphatic carbocycles. The van der Waals surface area contributed by atoms with Crippen molar-refractivity contribution in [2.24, 2.45) is 5.73 Å². The van der Waals surface area contributed by atoms with Crippen LogP contribution in [-0.2, 0) is 10.2 Å². The first-order valence-electron chi connectivity index (χ1n) is 5.86. The zero-order valence-electron chi connectivity index (χ0n) is 10.2. The van der Waals surface area contributed by atoms with Gasteiger partial charge in [0.15, 0.2) is 0 Å². The predicted octanol–water partition coefficient (Wildman–Crippen LogP) is 2.44. The minimum atomic E-state index is -1.42. The molecule has 1 aromatic rings. The summed E-state index contributed by atoms with van der Waals surface area (Å²) in [6.07, 6.45) is 1.67. The third-order valence-electron chi connectivity index (χ3n) is 3.13. The molecule has 1 atom stereocenters. The molecule has 0 aliphatic rings. The van der Waals surface area contributed by atoms with E-state index in [1.807, 2.05) is 6.92 Å². The number of benzene rings is 1. The third kappa shape index (κ3) is 2.85. The van der Waals surface area contributed by atoms with E-state index in [0.717, 1.165) is 18.6 Å². The number of carbonyl (C=O) groups is 1. The molecule has 0 amide bonds. The Morgan fingerprint density at radius 3 is 2.28 bits per heavy atom. The summed E-state index contributed by atoms with van der Waals surface area (Å²) in [7, 11) is 0. The van der Waals surface area contributed by atoms with Gasteiger partial charge in [-0.25, -0.2) is 8.78 Å². The summed E-state index contributed by atoms with van der Waals surface area (Å²) in [5.74, 6) is -2.73. The van der Waals surface area contributed by atoms with Crippen molar-refractivity contribution in [2.75, 3.05) is 6.54 Å². The molecule has 0 radical (unpaired) electrons. The first-order valence-corrected chi connectivity index (χ1v) is 5.86. The second-order valence-corrected chi connectivity index (χ2v) is 4.35. The third-order valence-corrected chi connectivity index (χ3v) is 3.13. The number of nitrogens with two attached hydrogens (primary N) is 1. The fourth-order valence-electron chi connectivity index (χ4n) is 1.99. The van der Waals surface area contributed by atoms with Crippen molar-refractivity contribution in [1.82, 2.24) is 0 Å². The van der Waals surface area contributed by atoms with Crippen molar-refractivity contribution in [2.45, 2.75) is 31.6 Å². The van der Waals surface area contributed by atoms with E-state index in [1.165, 1.54) is 0 Å². The van der Waals surface area contributed by atoms with Gasteiger partial charge in [0.05, 0.1) is 0 Å². The topological polar surface area (TPSA) is 63.3 Å². The van der Waals surface area contributed by atoms with E-state index >= 15 is 0 Å². The second-order valence-electron chi connectivity index (χ2n) is 4.35. The number of hydrogen-bond donors (Lipinski definition) is 2. The van der Waals surface area contributed by atoms with Crippen molar-refractivity contribution in [3.63, 3.8) is 0 Å². The number of hydrogen-bond acceptors (Lipinski definition) is 2. The van der Waals surface area contributed by atoms with Gasteiger partial charge in [0.1, 0.15) is 17.0 Å². The van der Waals surface area contributed by atoms with Crippen molar-refractivity contribution in [3.05, 3.63) is 35.4 Å². The molecule has 5 heteroatoms. The van der Waals surface area contributed by atoms with E-state index < -0.39 is 23.0 Å². The van der Waals surface area contributed by atoms with Crippen LogP contribution in [0.5, 0.6) is 0 Å². The van der Waals surface area contributed by atoms with E-state index in [4.69, 9.17) is 5.73 Å². The normalized spacial score (nSPS) is 14.2. The molecule has 100 valence electrons. The minimum absolute atomic E-state index is 0.0865. The maximum Gasteiger partial charge on any atom is 0.315 e. The molecule has 0 saturated carbocycles. The Balaban J connectivity index is 3.27. The van der Waals surface area contributed by atoms with Crippen LogP contribution in [0.25, 0.3) is 0 Å². The maximum atomic E-state index is 13.2. The molecule has 1 rings (SSSR count). The van der Waals surface area contributed by atoms with Crippen molar-refractivity contribution >= 4 is 5.97 Å². The Kier molecular flexibility index (Phi) is 4.78. The van der Waals surface area contributed by atoms with Gasteiger partial charge >= 0.3 is 5.97 Å². The van der Waals surface area contributed by atoms with Crippen LogP contribution in [0.4, 0.5) is 8.78 Å². The standard InChI is InChI=1S/C13H17F2NO2/c1-2-3-4-13(8-16,12(17)18)9-5-10(14)7-11(15)6-9/h5-7H,2-4,8,16H2,1H3,(H,17,18). The number of carboxylic acid groups (broad SMARTS) is 1. The van der Waals surface area contributed by atoms with Crippen molar-refractivity contribution in [3.8, 4) is 0 Å². The van der Waals surface area contributed by atoms with Crippen molar-refractivity contribution < 1.29 is 18.7 Å². The van der Waals surface area contributed by atoms with E-state index in [0.29, 0.717) is 12.5 Å². The minimum Gasteiger partial charge on any atom is -0.481 e. The van der Waals surface area contributed by atoms with E-state index in [9.17, 15) is 18.7 Å². The predicted molar refractivity (Wildman–Crippen MR) is 64.3 cm³/mol. The number of unbranched alkanes of at least 4 members (excludes halogenated alkanes) is 1. The average Bonchev–Trinajstić information content (AvgIpc) is 2.29. The van der Waals surface area contributed by atoms with Gasteiger partial charge in [0.2, 0.25) is 0 Å². The van der Waals surface area contributed by atoms with Crippen LogP contribution in [0.1, 0.15) is 31.7 Å². The lowest BCUT2D eigenvalue weighted by Crippen LogP contribution is -2.43. The first-order chi connectivity index (χ1) is 8.46. The fraction of sp³-hybridized carbons (Fsp3) is 0.462. The molecule has 0 bridgehead atoms. The summed E-state index contributed by atoms with van der Waals surface area (Å²) in [5, 5.41) is 9.36. The first kappa shape index (κ1) is 14.6. The molecule has 1 aromatic carbocycles. The molecule has 3 nitrogen and oxygen atoms in total. The van der Waals surface area contributed by atoms with Crippen LogP contribution in [0.2, 0.25) is 0 Å². The molecule has 0 spiro atoms. The van der Waals surface area contributed by atoms with Crippen LogP contribution >= 0.6 is 0 Å². The van der Waals surface area contributed by atoms with Gasteiger partial charge in [-0.3, -0.25) is 4.79 Å². The van der Waals surface area contributed by atoms with Crippen LogP contribution in [0.3, 0.4) is 0 Å². The Bertz CT molecular complexity index is 417. The van der Waals surface area contributed by atoms with Gasteiger partial charge in [-0.2, -0.15) is 0 Å². The smallest absolute Gasteiger partial charge is 0.315 e. The number of rotatable bonds is 6. The average molecular weight is 257 g/mol. The summed E-state index contributed by atoms with van der Waals surface area (Å²) in [5.41, 5.74) is 4.22. The van der Waals surface area contributed by atoms with Gasteiger partial charge in [-0.05, 0) is 24.1 Å². The van der Waals surface area contributed by atoms with Crippen LogP contribution in [0, 0.1) is 11.6 Å². The SMILES string of the molecule is CCCCC(CN)(C(=O)O)c1cc(F)cc(F)c1. The summed E-state index contributed by atoms with van der Waals surface area (Å²) < 4.78 is 26.4. The number of halogens is 2. The molecule has 18 heavy (non-hydrogen) atoms. The molecule has 0 heterocycles. The maximum absolute atomic E-state index is 13.2. The lowest BCUT2D eigenvalue weighted by Gasteiger charge is -2.28. The zero-order valence-corrected chi connectivity index (χ0v) is 10.2. The van der Waals surface area contributed by atoms with Gasteiger partial charge in [0, 0.05) is 12.6 Å². The summed E-state index contributed by atoms with van der Waals surface area (Å²) in [6.45, 7) is 1.72. The van der Waals surface area contributed by atoms with Gasteiger partial charge in [-0.15, -0.1) is 0 Å². The number of carboxylic acids is 1. The largest absolute Gasteiger partial charge is 0.481 e. The molecule has 0 aliphatic heterocycles. The lowest BCUT2D eigenvalue weighted by atomic mass is 9.76. The Morgan fingerprint density at radius 1 is 1.33 bits per heavy atom. The van der Waals surface area contributed by atoms with E-state index in [1.54, 1.807) is 0 Å². The second kappa shape index (κ2) is 5.91. The van der Waals surface area contributed by atoms with Crippen LogP contribution in [0.15, 0.2) is 18.2 Å². The highest BCUT2D eigenvalue weighted by atomic mass is 19.1. The highest BCUT2D eigenvalue weighted by Gasteiger charge is 2.39. The Labute approximate surface area is 105 Å². The van der Waals surface area contributed by atoms with Gasteiger partial charge in [0.25, 0.3) is 0 Å². The van der Waals surface area contributed by atoms with Crippen LogP contribution < -0.4 is 5.73 Å². The molecule has 0 aromatic heterocycles. The monoisotopic (exact) mass is 257 g/mol. The quantitative estimate of drug-likeness (QED) is 0.822. The summed E-state index contributed by atoms with van der Waals surface area (Å²) in [6, 6.07) is 2.80. The van der Waals surface area contributed by atoms with Gasteiger partial charge < -0.3 is 10.8 Å². The highest BCUT2D eigenvalue weighted by molar-refractivity contribution is 5.81. The lowest BCUT2D eigenvalue weighted by molar-refractivity contribution is -0.143. The molecule has 0 fully saturated rings. The molecular weight excluding hydrogens is 240 g/mol. The zero-order chi connectivity index (χ0) is 13.8. The Hall–Kier alpha value is -1.49. The molecule has 3 N–H and O–H groups in total. The fourth-order valence-corrected chi connectivity index (χ4v) is 1.99. The number of aliphatic carboxylic acids is 1. The molecule has 0 saturated heterocycles. The van der Waals surface area contributed by atoms with Crippen LogP contribution in [-0.4, -0.2) is 17.6 Å². The van der Waals surface area contributed by atoms with E-state index in [-0.39, 0.29) is 18.5 Å². The molecular formula is C13H17F2NO2. The highest BCUT2D eigenvalue weighted by Crippen LogP contribution is 2.30. The summed E-state index contributed by atoms with van der Waals surface area (Å²) in [4.78, 5) is 11.5. The van der Waals surface area contributed by atoms with Gasteiger partial charge in [-0.1, -0.05) is 19.8 Å². The van der Waals surface area contributed by atoms with Crippen molar-refractivity contribution in [1.29, 1.82) is 0 Å².